The maximum absolute atomic E-state index is 2.68. The largest absolute Gasteiger partial charge is 0.0651 e. The van der Waals surface area contributed by atoms with E-state index < -0.39 is 0 Å². The highest BCUT2D eigenvalue weighted by atomic mass is 14.5. The Morgan fingerprint density at radius 2 is 1.35 bits per heavy atom. The molecule has 0 aromatic rings. The second-order valence-corrected chi connectivity index (χ2v) is 12.2. The van der Waals surface area contributed by atoms with Gasteiger partial charge in [0, 0.05) is 0 Å². The van der Waals surface area contributed by atoms with Crippen molar-refractivity contribution in [2.75, 3.05) is 0 Å². The van der Waals surface area contributed by atoms with E-state index in [0.717, 1.165) is 41.4 Å². The van der Waals surface area contributed by atoms with Gasteiger partial charge in [-0.25, -0.2) is 0 Å². The monoisotopic (exact) mass is 362 g/mol. The van der Waals surface area contributed by atoms with Crippen molar-refractivity contribution < 1.29 is 0 Å². The van der Waals surface area contributed by atoms with Crippen LogP contribution in [0, 0.1) is 52.3 Å². The topological polar surface area (TPSA) is 0 Å². The van der Waals surface area contributed by atoms with Crippen LogP contribution in [0.15, 0.2) is 0 Å². The van der Waals surface area contributed by atoms with Crippen LogP contribution in [-0.4, -0.2) is 0 Å². The average Bonchev–Trinajstić information content (AvgIpc) is 2.53. The lowest BCUT2D eigenvalue weighted by atomic mass is 9.51. The third-order valence-corrected chi connectivity index (χ3v) is 9.31. The highest BCUT2D eigenvalue weighted by Crippen LogP contribution is 2.56. The van der Waals surface area contributed by atoms with E-state index in [4.69, 9.17) is 0 Å². The van der Waals surface area contributed by atoms with E-state index in [0.29, 0.717) is 10.8 Å². The molecule has 0 aromatic heterocycles. The third-order valence-electron chi connectivity index (χ3n) is 9.31. The van der Waals surface area contributed by atoms with E-state index in [1.54, 1.807) is 0 Å². The molecule has 154 valence electrons. The number of hydrogen-bond acceptors (Lipinski definition) is 0. The molecule has 0 spiro atoms. The standard InChI is InChI=1S/C26H50/c1-10-22(23-12-11-20(4)21(5)16-23)17-26(9,25(6,7)8)24-14-18(2)13-19(3)15-24/h18-24H,10-17H2,1-9H3. The van der Waals surface area contributed by atoms with Crippen molar-refractivity contribution in [1.29, 1.82) is 0 Å². The molecule has 0 aromatic carbocycles. The Morgan fingerprint density at radius 1 is 0.769 bits per heavy atom. The molecule has 7 unspecified atom stereocenters. The molecule has 26 heavy (non-hydrogen) atoms. The number of rotatable bonds is 5. The maximum Gasteiger partial charge on any atom is -0.0246 e. The van der Waals surface area contributed by atoms with Gasteiger partial charge < -0.3 is 0 Å². The fraction of sp³-hybridized carbons (Fsp3) is 1.00. The highest BCUT2D eigenvalue weighted by molar-refractivity contribution is 4.97. The fourth-order valence-electron chi connectivity index (χ4n) is 6.76. The summed E-state index contributed by atoms with van der Waals surface area (Å²) >= 11 is 0. The van der Waals surface area contributed by atoms with Crippen molar-refractivity contribution in [3.63, 3.8) is 0 Å². The molecule has 2 aliphatic rings. The van der Waals surface area contributed by atoms with Gasteiger partial charge in [-0.15, -0.1) is 0 Å². The first-order valence-corrected chi connectivity index (χ1v) is 12.0. The molecule has 0 amide bonds. The van der Waals surface area contributed by atoms with Gasteiger partial charge in [0.05, 0.1) is 0 Å². The average molecular weight is 363 g/mol. The Bertz CT molecular complexity index is 420. The van der Waals surface area contributed by atoms with Gasteiger partial charge in [0.1, 0.15) is 0 Å². The molecule has 0 radical (unpaired) electrons. The fourth-order valence-corrected chi connectivity index (χ4v) is 6.76. The molecule has 7 atom stereocenters. The SMILES string of the molecule is CCC(CC(C)(C1CC(C)CC(C)C1)C(C)(C)C)C1CCC(C)C(C)C1. The predicted molar refractivity (Wildman–Crippen MR) is 117 cm³/mol. The second kappa shape index (κ2) is 8.57. The van der Waals surface area contributed by atoms with Crippen LogP contribution in [0.4, 0.5) is 0 Å². The first-order chi connectivity index (χ1) is 12.0. The van der Waals surface area contributed by atoms with E-state index in [1.165, 1.54) is 51.4 Å². The Kier molecular flexibility index (Phi) is 7.34. The van der Waals surface area contributed by atoms with Crippen molar-refractivity contribution in [1.82, 2.24) is 0 Å². The van der Waals surface area contributed by atoms with Gasteiger partial charge in [0.2, 0.25) is 0 Å². The lowest BCUT2D eigenvalue weighted by molar-refractivity contribution is -0.0404. The molecule has 0 saturated heterocycles. The summed E-state index contributed by atoms with van der Waals surface area (Å²) in [5.74, 6) is 6.53. The van der Waals surface area contributed by atoms with Crippen LogP contribution in [-0.2, 0) is 0 Å². The Morgan fingerprint density at radius 3 is 1.81 bits per heavy atom. The molecule has 2 saturated carbocycles. The molecule has 0 bridgehead atoms. The van der Waals surface area contributed by atoms with E-state index in [-0.39, 0.29) is 0 Å². The minimum atomic E-state index is 0.398. The first kappa shape index (κ1) is 22.3. The summed E-state index contributed by atoms with van der Waals surface area (Å²) in [4.78, 5) is 0. The summed E-state index contributed by atoms with van der Waals surface area (Å²) in [7, 11) is 0. The maximum atomic E-state index is 2.68. The minimum absolute atomic E-state index is 0.398. The molecule has 0 aliphatic heterocycles. The molecular formula is C26H50. The summed E-state index contributed by atoms with van der Waals surface area (Å²) in [6.07, 6.45) is 11.7. The molecule has 2 rings (SSSR count). The summed E-state index contributed by atoms with van der Waals surface area (Å²) in [6.45, 7) is 22.8. The van der Waals surface area contributed by atoms with Crippen molar-refractivity contribution in [2.45, 2.75) is 114 Å². The minimum Gasteiger partial charge on any atom is -0.0651 e. The normalized spacial score (nSPS) is 40.0. The quantitative estimate of drug-likeness (QED) is 0.459. The lowest BCUT2D eigenvalue weighted by Gasteiger charge is -2.54. The van der Waals surface area contributed by atoms with Crippen LogP contribution in [0.1, 0.15) is 114 Å². The van der Waals surface area contributed by atoms with Crippen LogP contribution in [0.3, 0.4) is 0 Å². The van der Waals surface area contributed by atoms with Crippen LogP contribution in [0.5, 0.6) is 0 Å². The van der Waals surface area contributed by atoms with Gasteiger partial charge in [-0.05, 0) is 90.8 Å². The molecule has 2 aliphatic carbocycles. The van der Waals surface area contributed by atoms with Crippen LogP contribution in [0.2, 0.25) is 0 Å². The zero-order valence-corrected chi connectivity index (χ0v) is 19.7. The second-order valence-electron chi connectivity index (χ2n) is 12.2. The Hall–Kier alpha value is 0. The molecular weight excluding hydrogens is 312 g/mol. The van der Waals surface area contributed by atoms with Gasteiger partial charge in [-0.1, -0.05) is 75.2 Å². The van der Waals surface area contributed by atoms with Crippen LogP contribution >= 0.6 is 0 Å². The molecule has 0 heteroatoms. The Balaban J connectivity index is 2.20. The number of hydrogen-bond donors (Lipinski definition) is 0. The van der Waals surface area contributed by atoms with Crippen molar-refractivity contribution in [3.05, 3.63) is 0 Å². The van der Waals surface area contributed by atoms with Crippen molar-refractivity contribution >= 4 is 0 Å². The van der Waals surface area contributed by atoms with Crippen molar-refractivity contribution in [2.24, 2.45) is 52.3 Å². The highest BCUT2D eigenvalue weighted by Gasteiger charge is 2.47. The van der Waals surface area contributed by atoms with Gasteiger partial charge in [-0.3, -0.25) is 0 Å². The summed E-state index contributed by atoms with van der Waals surface area (Å²) in [5, 5.41) is 0. The van der Waals surface area contributed by atoms with Gasteiger partial charge in [0.15, 0.2) is 0 Å². The smallest absolute Gasteiger partial charge is 0.0246 e. The van der Waals surface area contributed by atoms with Crippen molar-refractivity contribution in [3.8, 4) is 0 Å². The zero-order valence-electron chi connectivity index (χ0n) is 19.7. The predicted octanol–water partition coefficient (Wildman–Crippen LogP) is 8.60. The van der Waals surface area contributed by atoms with E-state index in [1.807, 2.05) is 0 Å². The lowest BCUT2D eigenvalue weighted by Crippen LogP contribution is -2.45. The van der Waals surface area contributed by atoms with Gasteiger partial charge in [0.25, 0.3) is 0 Å². The van der Waals surface area contributed by atoms with Gasteiger partial charge >= 0.3 is 0 Å². The zero-order chi connectivity index (χ0) is 19.7. The van der Waals surface area contributed by atoms with Gasteiger partial charge in [-0.2, -0.15) is 0 Å². The third kappa shape index (κ3) is 4.88. The molecule has 0 N–H and O–H groups in total. The molecule has 2 fully saturated rings. The molecule has 0 nitrogen and oxygen atoms in total. The van der Waals surface area contributed by atoms with E-state index >= 15 is 0 Å². The van der Waals surface area contributed by atoms with E-state index in [2.05, 4.69) is 62.3 Å². The van der Waals surface area contributed by atoms with E-state index in [9.17, 15) is 0 Å². The first-order valence-electron chi connectivity index (χ1n) is 12.0. The summed E-state index contributed by atoms with van der Waals surface area (Å²) in [5.41, 5.74) is 0.873. The van der Waals surface area contributed by atoms with Crippen LogP contribution in [0.25, 0.3) is 0 Å². The Labute approximate surface area is 166 Å². The summed E-state index contributed by atoms with van der Waals surface area (Å²) < 4.78 is 0. The summed E-state index contributed by atoms with van der Waals surface area (Å²) in [6, 6.07) is 0. The van der Waals surface area contributed by atoms with Crippen LogP contribution < -0.4 is 0 Å². The molecule has 0 heterocycles.